The summed E-state index contributed by atoms with van der Waals surface area (Å²) in [6.45, 7) is 2.37. The monoisotopic (exact) mass is 373 g/mol. The summed E-state index contributed by atoms with van der Waals surface area (Å²) < 4.78 is 32.8. The predicted octanol–water partition coefficient (Wildman–Crippen LogP) is 2.88. The normalized spacial score (nSPS) is 11.0. The van der Waals surface area contributed by atoms with E-state index in [1.807, 2.05) is 0 Å². The number of anilines is 1. The van der Waals surface area contributed by atoms with Gasteiger partial charge in [-0.2, -0.15) is 0 Å². The zero-order chi connectivity index (χ0) is 19.6. The Morgan fingerprint density at radius 2 is 2.00 bits per heavy atom. The largest absolute Gasteiger partial charge is 0.383 e. The van der Waals surface area contributed by atoms with Crippen molar-refractivity contribution >= 4 is 22.5 Å². The number of hydrogen-bond acceptors (Lipinski definition) is 4. The van der Waals surface area contributed by atoms with Gasteiger partial charge in [0.2, 0.25) is 0 Å². The van der Waals surface area contributed by atoms with Gasteiger partial charge in [0.25, 0.3) is 11.5 Å². The number of aromatic nitrogens is 2. The lowest BCUT2D eigenvalue weighted by molar-refractivity contribution is 0.102. The van der Waals surface area contributed by atoms with Gasteiger partial charge in [0.1, 0.15) is 0 Å². The third kappa shape index (κ3) is 3.85. The van der Waals surface area contributed by atoms with Crippen LogP contribution in [0.2, 0.25) is 0 Å². The van der Waals surface area contributed by atoms with Crippen LogP contribution < -0.4 is 10.9 Å². The van der Waals surface area contributed by atoms with Gasteiger partial charge >= 0.3 is 0 Å². The van der Waals surface area contributed by atoms with Gasteiger partial charge in [-0.25, -0.2) is 8.78 Å². The molecule has 8 heteroatoms. The Morgan fingerprint density at radius 1 is 1.22 bits per heavy atom. The molecular formula is C19H17F2N3O3. The van der Waals surface area contributed by atoms with E-state index in [2.05, 4.69) is 10.3 Å². The molecule has 2 aromatic heterocycles. The zero-order valence-corrected chi connectivity index (χ0v) is 14.8. The Balaban J connectivity index is 1.98. The Morgan fingerprint density at radius 3 is 2.70 bits per heavy atom. The highest BCUT2D eigenvalue weighted by molar-refractivity contribution is 6.06. The number of nitrogens with zero attached hydrogens (tertiary/aromatic N) is 2. The summed E-state index contributed by atoms with van der Waals surface area (Å²) in [5.41, 5.74) is 0.865. The van der Waals surface area contributed by atoms with Crippen molar-refractivity contribution in [3.8, 4) is 0 Å². The van der Waals surface area contributed by atoms with Crippen molar-refractivity contribution in [2.75, 3.05) is 19.0 Å². The second-order valence-electron chi connectivity index (χ2n) is 5.94. The van der Waals surface area contributed by atoms with E-state index in [0.717, 1.165) is 12.1 Å². The Hall–Kier alpha value is -3.13. The van der Waals surface area contributed by atoms with Crippen LogP contribution in [0.4, 0.5) is 14.5 Å². The van der Waals surface area contributed by atoms with Crippen molar-refractivity contribution in [1.29, 1.82) is 0 Å². The highest BCUT2D eigenvalue weighted by Gasteiger charge is 2.15. The number of ether oxygens (including phenoxy) is 1. The maximum atomic E-state index is 13.3. The van der Waals surface area contributed by atoms with E-state index in [1.165, 1.54) is 23.8 Å². The Bertz CT molecular complexity index is 1080. The van der Waals surface area contributed by atoms with Crippen molar-refractivity contribution in [2.24, 2.45) is 0 Å². The molecule has 0 atom stereocenters. The predicted molar refractivity (Wildman–Crippen MR) is 96.9 cm³/mol. The molecular weight excluding hydrogens is 356 g/mol. The number of rotatable bonds is 5. The number of benzene rings is 1. The minimum Gasteiger partial charge on any atom is -0.383 e. The highest BCUT2D eigenvalue weighted by Crippen LogP contribution is 2.17. The number of pyridine rings is 2. The number of carbonyl (C=O) groups excluding carboxylic acids is 1. The molecule has 1 N–H and O–H groups in total. The molecule has 6 nitrogen and oxygen atoms in total. The topological polar surface area (TPSA) is 73.2 Å². The fraction of sp³-hybridized carbons (Fsp3) is 0.211. The second kappa shape index (κ2) is 7.63. The molecule has 0 aliphatic heterocycles. The van der Waals surface area contributed by atoms with E-state index in [9.17, 15) is 18.4 Å². The first-order valence-electron chi connectivity index (χ1n) is 8.17. The van der Waals surface area contributed by atoms with Crippen LogP contribution in [0.1, 0.15) is 16.1 Å². The average molecular weight is 373 g/mol. The van der Waals surface area contributed by atoms with Crippen molar-refractivity contribution in [1.82, 2.24) is 9.55 Å². The van der Waals surface area contributed by atoms with Crippen LogP contribution in [-0.4, -0.2) is 29.2 Å². The van der Waals surface area contributed by atoms with Gasteiger partial charge in [0, 0.05) is 31.6 Å². The summed E-state index contributed by atoms with van der Waals surface area (Å²) in [6, 6.07) is 6.20. The van der Waals surface area contributed by atoms with Crippen molar-refractivity contribution in [3.63, 3.8) is 0 Å². The lowest BCUT2D eigenvalue weighted by Crippen LogP contribution is -2.23. The molecule has 3 rings (SSSR count). The average Bonchev–Trinajstić information content (AvgIpc) is 2.64. The van der Waals surface area contributed by atoms with Gasteiger partial charge in [0.05, 0.1) is 28.8 Å². The summed E-state index contributed by atoms with van der Waals surface area (Å²) in [6.07, 6.45) is 1.62. The molecule has 0 fully saturated rings. The molecule has 0 bridgehead atoms. The number of amides is 1. The van der Waals surface area contributed by atoms with Gasteiger partial charge in [-0.1, -0.05) is 0 Å². The van der Waals surface area contributed by atoms with E-state index < -0.39 is 17.5 Å². The molecule has 3 aromatic rings. The van der Waals surface area contributed by atoms with Gasteiger partial charge in [-0.15, -0.1) is 0 Å². The van der Waals surface area contributed by atoms with Crippen LogP contribution in [-0.2, 0) is 11.3 Å². The number of nitrogens with one attached hydrogen (secondary N) is 1. The number of halogens is 2. The third-order valence-electron chi connectivity index (χ3n) is 4.10. The smallest absolute Gasteiger partial charge is 0.260 e. The standard InChI is InChI=1S/C19H17F2N3O3/c1-11-13(18(25)23-12-3-4-15(20)16(21)9-12)10-14-17(22-11)5-6-24(19(14)26)7-8-27-2/h3-6,9-10H,7-8H2,1-2H3,(H,23,25). The number of hydrogen-bond donors (Lipinski definition) is 1. The molecule has 0 aliphatic rings. The highest BCUT2D eigenvalue weighted by atomic mass is 19.2. The molecule has 0 spiro atoms. The van der Waals surface area contributed by atoms with E-state index in [1.54, 1.807) is 19.2 Å². The molecule has 2 heterocycles. The first-order valence-corrected chi connectivity index (χ1v) is 8.17. The molecule has 0 unspecified atom stereocenters. The number of methoxy groups -OCH3 is 1. The van der Waals surface area contributed by atoms with Crippen molar-refractivity contribution in [3.05, 3.63) is 69.8 Å². The first-order chi connectivity index (χ1) is 12.9. The minimum atomic E-state index is -1.07. The molecule has 1 amide bonds. The lowest BCUT2D eigenvalue weighted by Gasteiger charge is -2.10. The maximum absolute atomic E-state index is 13.3. The van der Waals surface area contributed by atoms with Crippen LogP contribution in [0.5, 0.6) is 0 Å². The van der Waals surface area contributed by atoms with Gasteiger partial charge in [-0.3, -0.25) is 14.6 Å². The molecule has 0 saturated carbocycles. The Labute approximate surface area is 153 Å². The quantitative estimate of drug-likeness (QED) is 0.746. The van der Waals surface area contributed by atoms with Crippen LogP contribution in [0, 0.1) is 18.6 Å². The first kappa shape index (κ1) is 18.7. The second-order valence-corrected chi connectivity index (χ2v) is 5.94. The summed E-state index contributed by atoms with van der Waals surface area (Å²) in [4.78, 5) is 29.5. The molecule has 140 valence electrons. The third-order valence-corrected chi connectivity index (χ3v) is 4.10. The van der Waals surface area contributed by atoms with E-state index >= 15 is 0 Å². The van der Waals surface area contributed by atoms with Crippen LogP contribution in [0.15, 0.2) is 41.3 Å². The summed E-state index contributed by atoms with van der Waals surface area (Å²) in [7, 11) is 1.54. The van der Waals surface area contributed by atoms with Crippen LogP contribution in [0.25, 0.3) is 10.9 Å². The fourth-order valence-electron chi connectivity index (χ4n) is 2.67. The Kier molecular flexibility index (Phi) is 5.27. The molecule has 0 aliphatic carbocycles. The maximum Gasteiger partial charge on any atom is 0.260 e. The number of fused-ring (bicyclic) bond motifs is 1. The van der Waals surface area contributed by atoms with Crippen molar-refractivity contribution in [2.45, 2.75) is 13.5 Å². The molecule has 0 radical (unpaired) electrons. The lowest BCUT2D eigenvalue weighted by atomic mass is 10.1. The molecule has 0 saturated heterocycles. The van der Waals surface area contributed by atoms with Gasteiger partial charge < -0.3 is 14.6 Å². The van der Waals surface area contributed by atoms with Crippen LogP contribution in [0.3, 0.4) is 0 Å². The summed E-state index contributed by atoms with van der Waals surface area (Å²) in [5.74, 6) is -2.64. The van der Waals surface area contributed by atoms with Crippen molar-refractivity contribution < 1.29 is 18.3 Å². The van der Waals surface area contributed by atoms with Gasteiger partial charge in [0.15, 0.2) is 11.6 Å². The zero-order valence-electron chi connectivity index (χ0n) is 14.8. The van der Waals surface area contributed by atoms with E-state index in [0.29, 0.717) is 24.4 Å². The summed E-state index contributed by atoms with van der Waals surface area (Å²) >= 11 is 0. The fourth-order valence-corrected chi connectivity index (χ4v) is 2.67. The van der Waals surface area contributed by atoms with Crippen LogP contribution >= 0.6 is 0 Å². The molecule has 1 aromatic carbocycles. The SMILES string of the molecule is COCCn1ccc2nc(C)c(C(=O)Nc3ccc(F)c(F)c3)cc2c1=O. The van der Waals surface area contributed by atoms with Gasteiger partial charge in [-0.05, 0) is 31.2 Å². The molecule has 27 heavy (non-hydrogen) atoms. The number of carbonyl (C=O) groups is 1. The minimum absolute atomic E-state index is 0.101. The van der Waals surface area contributed by atoms with E-state index in [4.69, 9.17) is 4.74 Å². The van der Waals surface area contributed by atoms with E-state index in [-0.39, 0.29) is 22.2 Å². The summed E-state index contributed by atoms with van der Waals surface area (Å²) in [5, 5.41) is 2.77. The number of aryl methyl sites for hydroxylation is 1.